The number of nitrogens with zero attached hydrogens (tertiary/aromatic N) is 2. The van der Waals surface area contributed by atoms with E-state index >= 15 is 0 Å². The largest absolute Gasteiger partial charge is 0.393 e. The van der Waals surface area contributed by atoms with Crippen molar-refractivity contribution in [3.63, 3.8) is 0 Å². The number of aliphatic hydroxyl groups excluding tert-OH is 1. The van der Waals surface area contributed by atoms with Crippen LogP contribution >= 0.6 is 11.6 Å². The number of hydrogen-bond acceptors (Lipinski definition) is 4. The van der Waals surface area contributed by atoms with Crippen molar-refractivity contribution in [1.82, 2.24) is 9.97 Å². The van der Waals surface area contributed by atoms with Crippen LogP contribution in [-0.2, 0) is 0 Å². The summed E-state index contributed by atoms with van der Waals surface area (Å²) >= 11 is 5.98. The van der Waals surface area contributed by atoms with Crippen LogP contribution in [0.2, 0.25) is 5.15 Å². The van der Waals surface area contributed by atoms with Gasteiger partial charge in [0.2, 0.25) is 0 Å². The Kier molecular flexibility index (Phi) is 2.92. The van der Waals surface area contributed by atoms with Gasteiger partial charge < -0.3 is 10.4 Å². The predicted octanol–water partition coefficient (Wildman–Crippen LogP) is 2.19. The maximum atomic E-state index is 9.21. The van der Waals surface area contributed by atoms with Gasteiger partial charge in [-0.05, 0) is 31.6 Å². The van der Waals surface area contributed by atoms with E-state index in [2.05, 4.69) is 15.3 Å². The molecule has 1 aromatic rings. The average Bonchev–Trinajstić information content (AvgIpc) is 3.05. The zero-order valence-electron chi connectivity index (χ0n) is 9.56. The van der Waals surface area contributed by atoms with Crippen LogP contribution < -0.4 is 5.32 Å². The number of anilines is 1. The Balaban J connectivity index is 1.61. The van der Waals surface area contributed by atoms with E-state index in [4.69, 9.17) is 11.6 Å². The Hall–Kier alpha value is -0.870. The molecule has 0 amide bonds. The van der Waals surface area contributed by atoms with Crippen molar-refractivity contribution in [3.05, 3.63) is 17.0 Å². The van der Waals surface area contributed by atoms with Gasteiger partial charge >= 0.3 is 0 Å². The van der Waals surface area contributed by atoms with Crippen molar-refractivity contribution in [2.24, 2.45) is 5.92 Å². The lowest BCUT2D eigenvalue weighted by Gasteiger charge is -2.31. The molecule has 2 aliphatic carbocycles. The van der Waals surface area contributed by atoms with E-state index in [1.54, 1.807) is 6.07 Å². The zero-order valence-corrected chi connectivity index (χ0v) is 10.3. The van der Waals surface area contributed by atoms with E-state index < -0.39 is 0 Å². The number of aromatic nitrogens is 2. The molecule has 4 nitrogen and oxygen atoms in total. The molecule has 3 rings (SSSR count). The second-order valence-corrected chi connectivity index (χ2v) is 5.47. The van der Waals surface area contributed by atoms with Gasteiger partial charge in [-0.2, -0.15) is 0 Å². The van der Waals surface area contributed by atoms with Gasteiger partial charge in [-0.1, -0.05) is 11.6 Å². The molecule has 0 saturated heterocycles. The molecule has 0 spiro atoms. The molecule has 2 aliphatic rings. The molecule has 5 heteroatoms. The first-order valence-corrected chi connectivity index (χ1v) is 6.55. The molecular weight excluding hydrogens is 238 g/mol. The zero-order chi connectivity index (χ0) is 11.8. The van der Waals surface area contributed by atoms with Crippen LogP contribution in [0.4, 0.5) is 5.82 Å². The first-order valence-electron chi connectivity index (χ1n) is 6.17. The summed E-state index contributed by atoms with van der Waals surface area (Å²) in [5, 5.41) is 13.0. The van der Waals surface area contributed by atoms with Crippen molar-refractivity contribution in [2.45, 2.75) is 37.7 Å². The first kappa shape index (κ1) is 11.2. The van der Waals surface area contributed by atoms with E-state index in [9.17, 15) is 5.11 Å². The molecule has 0 bridgehead atoms. The van der Waals surface area contributed by atoms with Crippen LogP contribution in [0.1, 0.15) is 37.4 Å². The van der Waals surface area contributed by atoms with Crippen molar-refractivity contribution >= 4 is 17.4 Å². The van der Waals surface area contributed by atoms with Crippen molar-refractivity contribution in [2.75, 3.05) is 11.9 Å². The Morgan fingerprint density at radius 2 is 2.12 bits per heavy atom. The molecule has 1 heterocycles. The van der Waals surface area contributed by atoms with Crippen LogP contribution in [0.25, 0.3) is 0 Å². The first-order chi connectivity index (χ1) is 8.20. The quantitative estimate of drug-likeness (QED) is 0.808. The van der Waals surface area contributed by atoms with Gasteiger partial charge in [0, 0.05) is 18.5 Å². The summed E-state index contributed by atoms with van der Waals surface area (Å²) in [7, 11) is 0. The third-order valence-corrected chi connectivity index (χ3v) is 3.63. The molecule has 1 aromatic heterocycles. The molecule has 2 N–H and O–H groups in total. The predicted molar refractivity (Wildman–Crippen MR) is 66.2 cm³/mol. The highest BCUT2D eigenvalue weighted by Gasteiger charge is 2.28. The molecule has 2 saturated carbocycles. The summed E-state index contributed by atoms with van der Waals surface area (Å²) in [6.07, 6.45) is 4.03. The SMILES string of the molecule is OC1CC(CNc2cc(Cl)nc(C3CC3)n2)C1. The fraction of sp³-hybridized carbons (Fsp3) is 0.667. The van der Waals surface area contributed by atoms with E-state index in [0.29, 0.717) is 17.0 Å². The summed E-state index contributed by atoms with van der Waals surface area (Å²) in [6.45, 7) is 0.856. The Morgan fingerprint density at radius 3 is 2.76 bits per heavy atom. The molecule has 0 radical (unpaired) electrons. The van der Waals surface area contributed by atoms with Crippen LogP contribution in [0, 0.1) is 5.92 Å². The molecule has 92 valence electrons. The van der Waals surface area contributed by atoms with E-state index in [-0.39, 0.29) is 6.10 Å². The van der Waals surface area contributed by atoms with E-state index in [1.807, 2.05) is 0 Å². The number of nitrogens with one attached hydrogen (secondary N) is 1. The lowest BCUT2D eigenvalue weighted by atomic mass is 9.82. The smallest absolute Gasteiger partial charge is 0.135 e. The normalized spacial score (nSPS) is 27.6. The molecule has 0 atom stereocenters. The number of rotatable bonds is 4. The third-order valence-electron chi connectivity index (χ3n) is 3.44. The highest BCUT2D eigenvalue weighted by molar-refractivity contribution is 6.29. The van der Waals surface area contributed by atoms with Crippen molar-refractivity contribution < 1.29 is 5.11 Å². The van der Waals surface area contributed by atoms with Crippen molar-refractivity contribution in [3.8, 4) is 0 Å². The monoisotopic (exact) mass is 253 g/mol. The molecule has 17 heavy (non-hydrogen) atoms. The molecule has 2 fully saturated rings. The highest BCUT2D eigenvalue weighted by Crippen LogP contribution is 2.38. The minimum atomic E-state index is -0.0992. The van der Waals surface area contributed by atoms with Crippen LogP contribution in [0.15, 0.2) is 6.07 Å². The second kappa shape index (κ2) is 4.42. The van der Waals surface area contributed by atoms with Crippen LogP contribution in [0.3, 0.4) is 0 Å². The number of hydrogen-bond donors (Lipinski definition) is 2. The summed E-state index contributed by atoms with van der Waals surface area (Å²) in [4.78, 5) is 8.72. The number of halogens is 1. The summed E-state index contributed by atoms with van der Waals surface area (Å²) in [5.74, 6) is 2.75. The van der Waals surface area contributed by atoms with Crippen LogP contribution in [0.5, 0.6) is 0 Å². The minimum absolute atomic E-state index is 0.0992. The van der Waals surface area contributed by atoms with Gasteiger partial charge in [0.25, 0.3) is 0 Å². The summed E-state index contributed by atoms with van der Waals surface area (Å²) in [5.41, 5.74) is 0. The third kappa shape index (κ3) is 2.69. The average molecular weight is 254 g/mol. The van der Waals surface area contributed by atoms with Gasteiger partial charge in [-0.3, -0.25) is 0 Å². The van der Waals surface area contributed by atoms with E-state index in [0.717, 1.165) is 31.0 Å². The van der Waals surface area contributed by atoms with Crippen molar-refractivity contribution in [1.29, 1.82) is 0 Å². The van der Waals surface area contributed by atoms with Crippen LogP contribution in [-0.4, -0.2) is 27.7 Å². The maximum Gasteiger partial charge on any atom is 0.135 e. The lowest BCUT2D eigenvalue weighted by Crippen LogP contribution is -2.33. The highest BCUT2D eigenvalue weighted by atomic mass is 35.5. The topological polar surface area (TPSA) is 58.0 Å². The number of aliphatic hydroxyl groups is 1. The Morgan fingerprint density at radius 1 is 1.35 bits per heavy atom. The molecular formula is C12H16ClN3O. The lowest BCUT2D eigenvalue weighted by molar-refractivity contribution is 0.0486. The minimum Gasteiger partial charge on any atom is -0.393 e. The molecule has 0 aliphatic heterocycles. The Bertz CT molecular complexity index is 416. The fourth-order valence-electron chi connectivity index (χ4n) is 2.17. The Labute approximate surface area is 105 Å². The van der Waals surface area contributed by atoms with Gasteiger partial charge in [0.1, 0.15) is 16.8 Å². The standard InChI is InChI=1S/C12H16ClN3O/c13-10-5-11(14-6-7-3-9(17)4-7)16-12(15-10)8-1-2-8/h5,7-9,17H,1-4,6H2,(H,14,15,16). The maximum absolute atomic E-state index is 9.21. The second-order valence-electron chi connectivity index (χ2n) is 5.08. The van der Waals surface area contributed by atoms with Gasteiger partial charge in [-0.25, -0.2) is 9.97 Å². The summed E-state index contributed by atoms with van der Waals surface area (Å²) in [6, 6.07) is 1.77. The summed E-state index contributed by atoms with van der Waals surface area (Å²) < 4.78 is 0. The van der Waals surface area contributed by atoms with Gasteiger partial charge in [-0.15, -0.1) is 0 Å². The molecule has 0 unspecified atom stereocenters. The fourth-order valence-corrected chi connectivity index (χ4v) is 2.36. The van der Waals surface area contributed by atoms with Gasteiger partial charge in [0.15, 0.2) is 0 Å². The molecule has 0 aromatic carbocycles. The van der Waals surface area contributed by atoms with Gasteiger partial charge in [0.05, 0.1) is 6.10 Å². The van der Waals surface area contributed by atoms with E-state index in [1.165, 1.54) is 12.8 Å².